The molecular formula is C39H43F2N5O6. The number of hydrogen-bond donors (Lipinski definition) is 1. The number of carbonyl (C=O) groups is 2. The van der Waals surface area contributed by atoms with Crippen molar-refractivity contribution in [2.45, 2.75) is 90.5 Å². The van der Waals surface area contributed by atoms with Gasteiger partial charge >= 0.3 is 18.1 Å². The summed E-state index contributed by atoms with van der Waals surface area (Å²) in [5, 5.41) is 11.4. The van der Waals surface area contributed by atoms with Gasteiger partial charge in [-0.25, -0.2) is 13.6 Å². The summed E-state index contributed by atoms with van der Waals surface area (Å²) in [6.07, 6.45) is 12.2. The minimum atomic E-state index is -1.04. The van der Waals surface area contributed by atoms with Gasteiger partial charge in [0.15, 0.2) is 5.82 Å². The molecule has 11 nitrogen and oxygen atoms in total. The van der Waals surface area contributed by atoms with Crippen molar-refractivity contribution < 1.29 is 37.7 Å². The van der Waals surface area contributed by atoms with Crippen LogP contribution in [0.5, 0.6) is 11.8 Å². The highest BCUT2D eigenvalue weighted by Gasteiger charge is 2.45. The molecule has 0 radical (unpaired) electrons. The molecule has 2 fully saturated rings. The first kappa shape index (κ1) is 36.5. The average Bonchev–Trinajstić information content (AvgIpc) is 3.40. The number of phenolic OH excluding ortho intramolecular Hbond substituents is 1. The number of carbonyl (C=O) groups excluding carboxylic acids is 2. The first-order valence-corrected chi connectivity index (χ1v) is 17.8. The number of hydrogen-bond acceptors (Lipinski definition) is 10. The minimum absolute atomic E-state index is 0.0858. The van der Waals surface area contributed by atoms with Gasteiger partial charge in [-0.15, -0.1) is 6.42 Å². The molecule has 2 saturated heterocycles. The van der Waals surface area contributed by atoms with E-state index in [1.165, 1.54) is 37.6 Å². The van der Waals surface area contributed by atoms with Gasteiger partial charge in [0.1, 0.15) is 28.6 Å². The first-order valence-electron chi connectivity index (χ1n) is 17.8. The van der Waals surface area contributed by atoms with Crippen molar-refractivity contribution in [3.8, 4) is 35.4 Å². The molecule has 0 aliphatic carbocycles. The molecule has 2 aromatic carbocycles. The number of unbranched alkanes of at least 4 members (excludes halogenated alkanes) is 2. The molecule has 2 bridgehead atoms. The van der Waals surface area contributed by atoms with Gasteiger partial charge in [0.2, 0.25) is 6.29 Å². The number of benzene rings is 2. The van der Waals surface area contributed by atoms with E-state index in [1.54, 1.807) is 11.8 Å². The molecule has 2 aromatic heterocycles. The molecular weight excluding hydrogens is 672 g/mol. The standard InChI is InChI=1S/C39H43F2N5O6/c1-6-9-11-23(12-10-7-2)37(48)51-22(4)52-39(49)46-25-14-15-26(46)21-45(20-25)36-30-19-42-34(33(41)35(30)43-38(44-36)50-5)29-18-27(47)17-24-13-16-31(40)28(8-3)32(24)29/h3,13,16-19,22-23,25-26,47H,6-7,9-12,14-15,20-21H2,1-2,4-5H3. The highest BCUT2D eigenvalue weighted by Crippen LogP contribution is 2.40. The molecule has 2 aliphatic rings. The van der Waals surface area contributed by atoms with E-state index in [0.29, 0.717) is 42.5 Å². The van der Waals surface area contributed by atoms with Crippen LogP contribution in [0.3, 0.4) is 0 Å². The molecule has 3 atom stereocenters. The van der Waals surface area contributed by atoms with Crippen molar-refractivity contribution in [1.82, 2.24) is 19.9 Å². The summed E-state index contributed by atoms with van der Waals surface area (Å²) in [6, 6.07) is 4.75. The Bertz CT molecular complexity index is 2010. The smallest absolute Gasteiger partial charge is 0.413 e. The molecule has 4 aromatic rings. The molecule has 52 heavy (non-hydrogen) atoms. The fraction of sp³-hybridized carbons (Fsp3) is 0.462. The zero-order valence-corrected chi connectivity index (χ0v) is 29.8. The van der Waals surface area contributed by atoms with Crippen molar-refractivity contribution in [1.29, 1.82) is 0 Å². The predicted molar refractivity (Wildman–Crippen MR) is 192 cm³/mol. The average molecular weight is 716 g/mol. The van der Waals surface area contributed by atoms with Crippen LogP contribution in [0, 0.1) is 29.9 Å². The van der Waals surface area contributed by atoms with Gasteiger partial charge in [-0.05, 0) is 49.3 Å². The van der Waals surface area contributed by atoms with Crippen LogP contribution in [-0.4, -0.2) is 75.6 Å². The fourth-order valence-corrected chi connectivity index (χ4v) is 7.44. The van der Waals surface area contributed by atoms with Gasteiger partial charge in [0.05, 0.1) is 36.1 Å². The number of nitrogens with zero attached hydrogens (tertiary/aromatic N) is 5. The van der Waals surface area contributed by atoms with Gasteiger partial charge in [-0.3, -0.25) is 14.7 Å². The lowest BCUT2D eigenvalue weighted by molar-refractivity contribution is -0.172. The quantitative estimate of drug-likeness (QED) is 0.0895. The number of anilines is 1. The zero-order valence-electron chi connectivity index (χ0n) is 29.8. The third kappa shape index (κ3) is 7.11. The maximum atomic E-state index is 16.6. The van der Waals surface area contributed by atoms with Crippen LogP contribution in [0.15, 0.2) is 30.5 Å². The van der Waals surface area contributed by atoms with Crippen molar-refractivity contribution in [3.05, 3.63) is 47.7 Å². The lowest BCUT2D eigenvalue weighted by Gasteiger charge is -2.41. The zero-order chi connectivity index (χ0) is 37.1. The Morgan fingerprint density at radius 3 is 2.38 bits per heavy atom. The van der Waals surface area contributed by atoms with E-state index in [0.717, 1.165) is 38.5 Å². The number of esters is 1. The number of rotatable bonds is 12. The normalized spacial score (nSPS) is 17.4. The van der Waals surface area contributed by atoms with Crippen molar-refractivity contribution in [3.63, 3.8) is 0 Å². The van der Waals surface area contributed by atoms with Crippen LogP contribution in [0.1, 0.15) is 77.7 Å². The molecule has 4 heterocycles. The van der Waals surface area contributed by atoms with E-state index in [1.807, 2.05) is 4.90 Å². The summed E-state index contributed by atoms with van der Waals surface area (Å²) in [4.78, 5) is 43.4. The molecule has 0 spiro atoms. The summed E-state index contributed by atoms with van der Waals surface area (Å²) < 4.78 is 48.0. The van der Waals surface area contributed by atoms with E-state index in [-0.39, 0.29) is 63.5 Å². The maximum absolute atomic E-state index is 16.6. The van der Waals surface area contributed by atoms with Gasteiger partial charge in [0.25, 0.3) is 0 Å². The second-order valence-corrected chi connectivity index (χ2v) is 13.4. The van der Waals surface area contributed by atoms with Gasteiger partial charge in [-0.2, -0.15) is 9.97 Å². The van der Waals surface area contributed by atoms with Crippen LogP contribution < -0.4 is 9.64 Å². The maximum Gasteiger partial charge on any atom is 0.413 e. The van der Waals surface area contributed by atoms with Crippen LogP contribution in [-0.2, 0) is 14.3 Å². The molecule has 274 valence electrons. The second-order valence-electron chi connectivity index (χ2n) is 13.4. The number of halogens is 2. The topological polar surface area (TPSA) is 127 Å². The third-order valence-electron chi connectivity index (χ3n) is 9.96. The Morgan fingerprint density at radius 1 is 1.06 bits per heavy atom. The monoisotopic (exact) mass is 715 g/mol. The summed E-state index contributed by atoms with van der Waals surface area (Å²) in [5.74, 6) is 0.462. The lowest BCUT2D eigenvalue weighted by atomic mass is 9.96. The summed E-state index contributed by atoms with van der Waals surface area (Å²) in [6.45, 7) is 6.43. The van der Waals surface area contributed by atoms with Gasteiger partial charge < -0.3 is 24.2 Å². The van der Waals surface area contributed by atoms with Gasteiger partial charge in [-0.1, -0.05) is 51.5 Å². The number of piperazine rings is 1. The van der Waals surface area contributed by atoms with Crippen molar-refractivity contribution in [2.75, 3.05) is 25.1 Å². The number of phenols is 1. The van der Waals surface area contributed by atoms with E-state index in [4.69, 9.17) is 20.6 Å². The Hall–Kier alpha value is -5.25. The number of methoxy groups -OCH3 is 1. The molecule has 13 heteroatoms. The number of aromatic nitrogens is 3. The van der Waals surface area contributed by atoms with Gasteiger partial charge in [0, 0.05) is 37.2 Å². The molecule has 1 amide bonds. The Kier molecular flexibility index (Phi) is 10.9. The number of terminal acetylenes is 1. The largest absolute Gasteiger partial charge is 0.508 e. The fourth-order valence-electron chi connectivity index (χ4n) is 7.44. The number of ether oxygens (including phenoxy) is 3. The first-order chi connectivity index (χ1) is 25.1. The predicted octanol–water partition coefficient (Wildman–Crippen LogP) is 7.49. The highest BCUT2D eigenvalue weighted by atomic mass is 19.1. The number of pyridine rings is 1. The van der Waals surface area contributed by atoms with Crippen LogP contribution in [0.25, 0.3) is 32.9 Å². The molecule has 2 aliphatic heterocycles. The van der Waals surface area contributed by atoms with Crippen molar-refractivity contribution >= 4 is 39.6 Å². The number of amides is 1. The molecule has 1 N–H and O–H groups in total. The summed E-state index contributed by atoms with van der Waals surface area (Å²) >= 11 is 0. The Morgan fingerprint density at radius 2 is 1.75 bits per heavy atom. The van der Waals surface area contributed by atoms with E-state index >= 15 is 4.39 Å². The SMILES string of the molecule is C#Cc1c(F)ccc2cc(O)cc(-c3ncc4c(N5CC6CCC(C5)N6C(=O)OC(C)OC(=O)C(CCCC)CCCC)nc(OC)nc4c3F)c12. The Labute approximate surface area is 301 Å². The number of fused-ring (bicyclic) bond motifs is 4. The molecule has 3 unspecified atom stereocenters. The summed E-state index contributed by atoms with van der Waals surface area (Å²) in [5.41, 5.74) is -0.268. The number of aromatic hydroxyl groups is 1. The van der Waals surface area contributed by atoms with Crippen LogP contribution in [0.4, 0.5) is 19.4 Å². The lowest BCUT2D eigenvalue weighted by Crippen LogP contribution is -2.56. The van der Waals surface area contributed by atoms with Crippen LogP contribution in [0.2, 0.25) is 0 Å². The highest BCUT2D eigenvalue weighted by molar-refractivity contribution is 6.03. The second kappa shape index (κ2) is 15.6. The molecule has 0 saturated carbocycles. The van der Waals surface area contributed by atoms with Crippen molar-refractivity contribution in [2.24, 2.45) is 5.92 Å². The van der Waals surface area contributed by atoms with E-state index in [2.05, 4.69) is 34.7 Å². The van der Waals surface area contributed by atoms with E-state index < -0.39 is 24.0 Å². The Balaban J connectivity index is 1.25. The van der Waals surface area contributed by atoms with E-state index in [9.17, 15) is 19.1 Å². The summed E-state index contributed by atoms with van der Waals surface area (Å²) in [7, 11) is 1.37. The third-order valence-corrected chi connectivity index (χ3v) is 9.96. The van der Waals surface area contributed by atoms with Crippen LogP contribution >= 0.6 is 0 Å². The molecule has 6 rings (SSSR count). The minimum Gasteiger partial charge on any atom is -0.508 e.